The van der Waals surface area contributed by atoms with Crippen LogP contribution in [0.5, 0.6) is 0 Å². The van der Waals surface area contributed by atoms with Crippen LogP contribution in [0.25, 0.3) is 0 Å². The number of nitrogens with zero attached hydrogens (tertiary/aromatic N) is 6. The largest absolute Gasteiger partial charge is 0.294 e. The highest BCUT2D eigenvalue weighted by Gasteiger charge is 2.17. The zero-order valence-electron chi connectivity index (χ0n) is 14.8. The van der Waals surface area contributed by atoms with Crippen molar-refractivity contribution in [3.63, 3.8) is 0 Å². The predicted octanol–water partition coefficient (Wildman–Crippen LogP) is 2.07. The molecule has 2 aliphatic rings. The highest BCUT2D eigenvalue weighted by atomic mass is 16.1. The molecule has 0 saturated heterocycles. The Morgan fingerprint density at radius 1 is 0.808 bits per heavy atom. The van der Waals surface area contributed by atoms with Gasteiger partial charge in [-0.3, -0.25) is 24.8 Å². The lowest BCUT2D eigenvalue weighted by molar-refractivity contribution is 0.103. The molecule has 2 aliphatic heterocycles. The van der Waals surface area contributed by atoms with E-state index in [4.69, 9.17) is 0 Å². The summed E-state index contributed by atoms with van der Waals surface area (Å²) in [6.45, 7) is 1.56. The second kappa shape index (κ2) is 6.51. The number of hydrazine groups is 2. The first-order chi connectivity index (χ1) is 12.6. The molecule has 0 atom stereocenters. The number of pyridine rings is 2. The molecule has 0 N–H and O–H groups in total. The van der Waals surface area contributed by atoms with Crippen LogP contribution in [-0.4, -0.2) is 53.0 Å². The summed E-state index contributed by atoms with van der Waals surface area (Å²) in [5.41, 5.74) is 1.11. The van der Waals surface area contributed by atoms with Crippen LogP contribution in [0.3, 0.4) is 0 Å². The molecule has 4 heterocycles. The molecule has 0 saturated carbocycles. The molecule has 0 aromatic carbocycles. The fourth-order valence-electron chi connectivity index (χ4n) is 3.04. The van der Waals surface area contributed by atoms with Crippen LogP contribution in [-0.2, 0) is 0 Å². The van der Waals surface area contributed by atoms with Crippen LogP contribution < -0.4 is 10.0 Å². The first-order valence-corrected chi connectivity index (χ1v) is 8.44. The molecule has 4 rings (SSSR count). The van der Waals surface area contributed by atoms with Crippen molar-refractivity contribution in [3.05, 3.63) is 72.3 Å². The summed E-state index contributed by atoms with van der Waals surface area (Å²) < 4.78 is 0. The van der Waals surface area contributed by atoms with Gasteiger partial charge < -0.3 is 0 Å². The highest BCUT2D eigenvalue weighted by Crippen LogP contribution is 2.20. The summed E-state index contributed by atoms with van der Waals surface area (Å²) in [4.78, 5) is 21.5. The van der Waals surface area contributed by atoms with Crippen molar-refractivity contribution >= 4 is 17.4 Å². The fraction of sp³-hybridized carbons (Fsp3) is 0.211. The van der Waals surface area contributed by atoms with E-state index in [0.29, 0.717) is 11.1 Å². The van der Waals surface area contributed by atoms with Crippen molar-refractivity contribution in [2.45, 2.75) is 0 Å². The van der Waals surface area contributed by atoms with E-state index >= 15 is 0 Å². The summed E-state index contributed by atoms with van der Waals surface area (Å²) >= 11 is 0. The van der Waals surface area contributed by atoms with Gasteiger partial charge in [0.15, 0.2) is 5.78 Å². The summed E-state index contributed by atoms with van der Waals surface area (Å²) in [6, 6.07) is 7.35. The van der Waals surface area contributed by atoms with Gasteiger partial charge in [0.25, 0.3) is 0 Å². The zero-order chi connectivity index (χ0) is 18.1. The summed E-state index contributed by atoms with van der Waals surface area (Å²) in [7, 11) is 3.93. The minimum absolute atomic E-state index is 0.0797. The maximum atomic E-state index is 12.7. The molecular formula is C19H20N6O. The molecule has 0 spiro atoms. The Morgan fingerprint density at radius 2 is 1.27 bits per heavy atom. The molecule has 0 amide bonds. The molecule has 7 nitrogen and oxygen atoms in total. The topological polar surface area (TPSA) is 55.8 Å². The third-order valence-corrected chi connectivity index (χ3v) is 4.51. The van der Waals surface area contributed by atoms with Gasteiger partial charge in [-0.25, -0.2) is 9.97 Å². The Morgan fingerprint density at radius 3 is 1.58 bits per heavy atom. The number of hydrogen-bond acceptors (Lipinski definition) is 7. The van der Waals surface area contributed by atoms with Crippen molar-refractivity contribution in [3.8, 4) is 0 Å². The number of carbonyl (C=O) groups excluding carboxylic acids is 1. The molecule has 0 fully saturated rings. The Labute approximate surface area is 152 Å². The van der Waals surface area contributed by atoms with Gasteiger partial charge in [0.1, 0.15) is 11.6 Å². The average molecular weight is 348 g/mol. The molecule has 2 aromatic heterocycles. The van der Waals surface area contributed by atoms with Gasteiger partial charge in [0.2, 0.25) is 0 Å². The van der Waals surface area contributed by atoms with Crippen molar-refractivity contribution < 1.29 is 4.79 Å². The maximum absolute atomic E-state index is 12.7. The average Bonchev–Trinajstić information content (AvgIpc) is 3.29. The number of hydrogen-bond donors (Lipinski definition) is 0. The summed E-state index contributed by atoms with van der Waals surface area (Å²) in [5.74, 6) is 1.54. The third-order valence-electron chi connectivity index (χ3n) is 4.51. The first kappa shape index (κ1) is 16.1. The van der Waals surface area contributed by atoms with E-state index in [1.54, 1.807) is 12.4 Å². The van der Waals surface area contributed by atoms with Gasteiger partial charge in [0, 0.05) is 50.0 Å². The van der Waals surface area contributed by atoms with Gasteiger partial charge in [-0.05, 0) is 36.4 Å². The Kier molecular flexibility index (Phi) is 4.04. The molecule has 0 radical (unpaired) electrons. The lowest BCUT2D eigenvalue weighted by Gasteiger charge is -2.26. The SMILES string of the molecule is CN1C=CCN1c1ccc(C(=O)c2ccc(N3CC=CN3C)nc2)cn1. The van der Waals surface area contributed by atoms with Crippen LogP contribution in [0.2, 0.25) is 0 Å². The van der Waals surface area contributed by atoms with Gasteiger partial charge in [-0.15, -0.1) is 0 Å². The van der Waals surface area contributed by atoms with Crippen molar-refractivity contribution in [1.82, 2.24) is 20.0 Å². The van der Waals surface area contributed by atoms with Crippen molar-refractivity contribution in [2.75, 3.05) is 37.2 Å². The molecule has 0 aliphatic carbocycles. The highest BCUT2D eigenvalue weighted by molar-refractivity contribution is 6.08. The van der Waals surface area contributed by atoms with Gasteiger partial charge in [-0.2, -0.15) is 0 Å². The minimum atomic E-state index is -0.0797. The lowest BCUT2D eigenvalue weighted by Crippen LogP contribution is -2.32. The number of ketones is 1. The Balaban J connectivity index is 1.49. The van der Waals surface area contributed by atoms with E-state index in [9.17, 15) is 4.79 Å². The molecule has 7 heteroatoms. The normalized spacial score (nSPS) is 16.1. The zero-order valence-corrected chi connectivity index (χ0v) is 14.8. The van der Waals surface area contributed by atoms with Crippen LogP contribution in [0, 0.1) is 0 Å². The van der Waals surface area contributed by atoms with Gasteiger partial charge in [-0.1, -0.05) is 0 Å². The number of carbonyl (C=O) groups is 1. The smallest absolute Gasteiger partial charge is 0.196 e. The Hall–Kier alpha value is -3.35. The molecule has 0 bridgehead atoms. The van der Waals surface area contributed by atoms with E-state index < -0.39 is 0 Å². The van der Waals surface area contributed by atoms with E-state index in [1.165, 1.54) is 0 Å². The summed E-state index contributed by atoms with van der Waals surface area (Å²) in [5, 5.41) is 7.98. The van der Waals surface area contributed by atoms with Crippen LogP contribution in [0.1, 0.15) is 15.9 Å². The van der Waals surface area contributed by atoms with E-state index in [1.807, 2.05) is 70.8 Å². The van der Waals surface area contributed by atoms with E-state index in [-0.39, 0.29) is 5.78 Å². The molecule has 26 heavy (non-hydrogen) atoms. The minimum Gasteiger partial charge on any atom is -0.294 e. The molecule has 0 unspecified atom stereocenters. The van der Waals surface area contributed by atoms with Crippen LogP contribution in [0.15, 0.2) is 61.2 Å². The van der Waals surface area contributed by atoms with E-state index in [0.717, 1.165) is 24.7 Å². The number of aromatic nitrogens is 2. The second-order valence-corrected chi connectivity index (χ2v) is 6.22. The summed E-state index contributed by atoms with van der Waals surface area (Å²) in [6.07, 6.45) is 11.3. The first-order valence-electron chi connectivity index (χ1n) is 8.44. The fourth-order valence-corrected chi connectivity index (χ4v) is 3.04. The van der Waals surface area contributed by atoms with Gasteiger partial charge in [0.05, 0.1) is 13.1 Å². The van der Waals surface area contributed by atoms with E-state index in [2.05, 4.69) is 22.1 Å². The lowest BCUT2D eigenvalue weighted by atomic mass is 10.1. The Bertz CT molecular complexity index is 787. The standard InChI is InChI=1S/C19H20N6O/c1-22-9-3-11-24(22)17-7-5-15(13-20-17)19(26)16-6-8-18(21-14-16)25-12-4-10-23(25)2/h3-10,13-14H,11-12H2,1-2H3. The second-order valence-electron chi connectivity index (χ2n) is 6.22. The molecule has 132 valence electrons. The molecular weight excluding hydrogens is 328 g/mol. The van der Waals surface area contributed by atoms with Crippen LogP contribution >= 0.6 is 0 Å². The van der Waals surface area contributed by atoms with Crippen molar-refractivity contribution in [1.29, 1.82) is 0 Å². The third kappa shape index (κ3) is 2.88. The number of rotatable bonds is 4. The van der Waals surface area contributed by atoms with Crippen LogP contribution in [0.4, 0.5) is 11.6 Å². The predicted molar refractivity (Wildman–Crippen MR) is 100 cm³/mol. The number of anilines is 2. The maximum Gasteiger partial charge on any atom is 0.196 e. The quantitative estimate of drug-likeness (QED) is 0.784. The monoisotopic (exact) mass is 348 g/mol. The van der Waals surface area contributed by atoms with Crippen molar-refractivity contribution in [2.24, 2.45) is 0 Å². The molecule has 2 aromatic rings. The van der Waals surface area contributed by atoms with Gasteiger partial charge >= 0.3 is 0 Å².